The number of H-pyrrole nitrogens is 1. The van der Waals surface area contributed by atoms with Gasteiger partial charge in [0.15, 0.2) is 0 Å². The van der Waals surface area contributed by atoms with Gasteiger partial charge in [0.2, 0.25) is 0 Å². The van der Waals surface area contributed by atoms with E-state index in [1.807, 2.05) is 0 Å². The molecule has 2 rings (SSSR count). The summed E-state index contributed by atoms with van der Waals surface area (Å²) in [6, 6.07) is 6.98. The molecule has 6 heteroatoms. The Morgan fingerprint density at radius 1 is 1.47 bits per heavy atom. The molecule has 0 unspecified atom stereocenters. The van der Waals surface area contributed by atoms with Gasteiger partial charge in [-0.25, -0.2) is 0 Å². The lowest BCUT2D eigenvalue weighted by Crippen LogP contribution is -2.23. The fourth-order valence-corrected chi connectivity index (χ4v) is 1.82. The van der Waals surface area contributed by atoms with Gasteiger partial charge in [-0.3, -0.25) is 9.89 Å². The van der Waals surface area contributed by atoms with Gasteiger partial charge < -0.3 is 11.1 Å². The highest BCUT2D eigenvalue weighted by molar-refractivity contribution is 9.10. The number of aromatic amines is 1. The molecule has 1 aromatic carbocycles. The van der Waals surface area contributed by atoms with E-state index in [0.717, 1.165) is 5.69 Å². The lowest BCUT2D eigenvalue weighted by Gasteiger charge is -2.07. The Labute approximate surface area is 107 Å². The Morgan fingerprint density at radius 2 is 2.29 bits per heavy atom. The number of carbonyl (C=O) groups is 1. The van der Waals surface area contributed by atoms with Crippen molar-refractivity contribution in [3.63, 3.8) is 0 Å². The third-order valence-electron chi connectivity index (χ3n) is 2.27. The maximum Gasteiger partial charge on any atom is 0.252 e. The van der Waals surface area contributed by atoms with Crippen LogP contribution in [0.2, 0.25) is 0 Å². The van der Waals surface area contributed by atoms with Crippen LogP contribution in [0.1, 0.15) is 16.1 Å². The van der Waals surface area contributed by atoms with E-state index in [1.54, 1.807) is 30.5 Å². The molecule has 0 saturated carbocycles. The zero-order valence-electron chi connectivity index (χ0n) is 8.90. The lowest BCUT2D eigenvalue weighted by atomic mass is 10.2. The second-order valence-corrected chi connectivity index (χ2v) is 4.27. The normalized spacial score (nSPS) is 10.2. The fourth-order valence-electron chi connectivity index (χ4n) is 1.38. The van der Waals surface area contributed by atoms with Crippen LogP contribution in [0.3, 0.4) is 0 Å². The van der Waals surface area contributed by atoms with Gasteiger partial charge in [-0.05, 0) is 34.1 Å². The second-order valence-electron chi connectivity index (χ2n) is 3.47. The number of nitrogens with two attached hydrogens (primary N) is 1. The first-order valence-electron chi connectivity index (χ1n) is 4.99. The Morgan fingerprint density at radius 3 is 3.00 bits per heavy atom. The van der Waals surface area contributed by atoms with Crippen molar-refractivity contribution in [1.82, 2.24) is 15.5 Å². The van der Waals surface area contributed by atoms with E-state index in [1.165, 1.54) is 0 Å². The van der Waals surface area contributed by atoms with Crippen molar-refractivity contribution in [2.24, 2.45) is 0 Å². The zero-order valence-corrected chi connectivity index (χ0v) is 10.5. The first kappa shape index (κ1) is 11.7. The number of amides is 1. The number of nitrogens with one attached hydrogen (secondary N) is 2. The molecule has 1 amide bonds. The number of halogens is 1. The first-order valence-corrected chi connectivity index (χ1v) is 5.78. The summed E-state index contributed by atoms with van der Waals surface area (Å²) in [5.74, 6) is -0.182. The summed E-state index contributed by atoms with van der Waals surface area (Å²) < 4.78 is 0.613. The molecule has 0 bridgehead atoms. The molecule has 0 aliphatic rings. The summed E-state index contributed by atoms with van der Waals surface area (Å²) in [4.78, 5) is 11.9. The first-order chi connectivity index (χ1) is 8.18. The van der Waals surface area contributed by atoms with Gasteiger partial charge in [-0.15, -0.1) is 0 Å². The van der Waals surface area contributed by atoms with Crippen LogP contribution in [0.15, 0.2) is 34.9 Å². The van der Waals surface area contributed by atoms with Crippen molar-refractivity contribution >= 4 is 27.5 Å². The maximum atomic E-state index is 11.9. The average Bonchev–Trinajstić information content (AvgIpc) is 2.82. The molecule has 0 aliphatic heterocycles. The molecule has 88 valence electrons. The van der Waals surface area contributed by atoms with Crippen molar-refractivity contribution in [1.29, 1.82) is 0 Å². The number of benzene rings is 1. The number of rotatable bonds is 3. The molecule has 4 N–H and O–H groups in total. The van der Waals surface area contributed by atoms with Gasteiger partial charge in [-0.1, -0.05) is 6.07 Å². The van der Waals surface area contributed by atoms with Crippen LogP contribution in [0.4, 0.5) is 5.69 Å². The molecule has 17 heavy (non-hydrogen) atoms. The molecule has 0 radical (unpaired) electrons. The summed E-state index contributed by atoms with van der Waals surface area (Å²) in [6.07, 6.45) is 1.64. The number of aromatic nitrogens is 2. The van der Waals surface area contributed by atoms with E-state index in [0.29, 0.717) is 22.3 Å². The summed E-state index contributed by atoms with van der Waals surface area (Å²) in [5.41, 5.74) is 7.61. The predicted molar refractivity (Wildman–Crippen MR) is 68.3 cm³/mol. The Kier molecular flexibility index (Phi) is 3.43. The zero-order chi connectivity index (χ0) is 12.3. The molecule has 0 saturated heterocycles. The van der Waals surface area contributed by atoms with E-state index in [4.69, 9.17) is 5.73 Å². The van der Waals surface area contributed by atoms with Gasteiger partial charge >= 0.3 is 0 Å². The highest BCUT2D eigenvalue weighted by atomic mass is 79.9. The van der Waals surface area contributed by atoms with Crippen LogP contribution in [-0.4, -0.2) is 16.1 Å². The highest BCUT2D eigenvalue weighted by Crippen LogP contribution is 2.23. The van der Waals surface area contributed by atoms with Gasteiger partial charge in [0.25, 0.3) is 5.91 Å². The van der Waals surface area contributed by atoms with Gasteiger partial charge in [-0.2, -0.15) is 5.10 Å². The van der Waals surface area contributed by atoms with Crippen molar-refractivity contribution in [3.05, 3.63) is 46.2 Å². The van der Waals surface area contributed by atoms with Crippen LogP contribution in [0.5, 0.6) is 0 Å². The summed E-state index contributed by atoms with van der Waals surface area (Å²) in [6.45, 7) is 0.403. The third-order valence-corrected chi connectivity index (χ3v) is 3.16. The number of nitrogen functional groups attached to an aromatic ring is 1. The van der Waals surface area contributed by atoms with Gasteiger partial charge in [0.1, 0.15) is 0 Å². The lowest BCUT2D eigenvalue weighted by molar-refractivity contribution is 0.0949. The van der Waals surface area contributed by atoms with Crippen molar-refractivity contribution in [2.45, 2.75) is 6.54 Å². The third kappa shape index (κ3) is 2.65. The summed E-state index contributed by atoms with van der Waals surface area (Å²) in [7, 11) is 0. The number of anilines is 1. The number of hydrogen-bond acceptors (Lipinski definition) is 3. The topological polar surface area (TPSA) is 83.8 Å². The van der Waals surface area contributed by atoms with Gasteiger partial charge in [0, 0.05) is 11.9 Å². The number of nitrogens with zero attached hydrogens (tertiary/aromatic N) is 1. The van der Waals surface area contributed by atoms with E-state index >= 15 is 0 Å². The average molecular weight is 295 g/mol. The molecule has 0 fully saturated rings. The van der Waals surface area contributed by atoms with Crippen LogP contribution in [0, 0.1) is 0 Å². The molecule has 1 heterocycles. The fraction of sp³-hybridized carbons (Fsp3) is 0.0909. The van der Waals surface area contributed by atoms with Crippen LogP contribution < -0.4 is 11.1 Å². The standard InChI is InChI=1S/C11H11BrN4O/c12-10-8(2-1-3-9(10)13)11(17)14-6-7-4-5-15-16-7/h1-5H,6,13H2,(H,14,17)(H,15,16). The van der Waals surface area contributed by atoms with Crippen molar-refractivity contribution in [2.75, 3.05) is 5.73 Å². The largest absolute Gasteiger partial charge is 0.398 e. The molecule has 5 nitrogen and oxygen atoms in total. The van der Waals surface area contributed by atoms with E-state index in [9.17, 15) is 4.79 Å². The molecule has 0 aliphatic carbocycles. The van der Waals surface area contributed by atoms with Crippen LogP contribution in [-0.2, 0) is 6.54 Å². The van der Waals surface area contributed by atoms with E-state index in [-0.39, 0.29) is 5.91 Å². The molecule has 0 spiro atoms. The van der Waals surface area contributed by atoms with E-state index < -0.39 is 0 Å². The summed E-state index contributed by atoms with van der Waals surface area (Å²) >= 11 is 3.29. The number of carbonyl (C=O) groups excluding carboxylic acids is 1. The highest BCUT2D eigenvalue weighted by Gasteiger charge is 2.11. The van der Waals surface area contributed by atoms with Crippen molar-refractivity contribution in [3.8, 4) is 0 Å². The van der Waals surface area contributed by atoms with Crippen LogP contribution >= 0.6 is 15.9 Å². The molecule has 0 atom stereocenters. The number of hydrogen-bond donors (Lipinski definition) is 3. The minimum absolute atomic E-state index is 0.182. The second kappa shape index (κ2) is 5.01. The Balaban J connectivity index is 2.07. The van der Waals surface area contributed by atoms with Crippen molar-refractivity contribution < 1.29 is 4.79 Å². The Hall–Kier alpha value is -1.82. The summed E-state index contributed by atoms with van der Waals surface area (Å²) in [5, 5.41) is 9.34. The quantitative estimate of drug-likeness (QED) is 0.753. The van der Waals surface area contributed by atoms with Gasteiger partial charge in [0.05, 0.1) is 22.3 Å². The Bertz CT molecular complexity index is 524. The maximum absolute atomic E-state index is 11.9. The molecule has 2 aromatic rings. The smallest absolute Gasteiger partial charge is 0.252 e. The predicted octanol–water partition coefficient (Wildman–Crippen LogP) is 1.68. The minimum Gasteiger partial charge on any atom is -0.398 e. The minimum atomic E-state index is -0.182. The molecule has 1 aromatic heterocycles. The SMILES string of the molecule is Nc1cccc(C(=O)NCc2ccn[nH]2)c1Br. The van der Waals surface area contributed by atoms with Crippen LogP contribution in [0.25, 0.3) is 0 Å². The monoisotopic (exact) mass is 294 g/mol. The molecular weight excluding hydrogens is 284 g/mol. The molecular formula is C11H11BrN4O. The van der Waals surface area contributed by atoms with E-state index in [2.05, 4.69) is 31.4 Å².